The van der Waals surface area contributed by atoms with E-state index in [-0.39, 0.29) is 0 Å². The molecule has 2 rings (SSSR count). The van der Waals surface area contributed by atoms with Crippen LogP contribution in [0.4, 0.5) is 0 Å². The Kier molecular flexibility index (Phi) is 8.16. The second-order valence-electron chi connectivity index (χ2n) is 8.40. The number of allylic oxidation sites excluding steroid dienone is 2. The van der Waals surface area contributed by atoms with E-state index in [2.05, 4.69) is 32.9 Å². The van der Waals surface area contributed by atoms with E-state index in [0.29, 0.717) is 12.0 Å². The molecule has 0 saturated heterocycles. The summed E-state index contributed by atoms with van der Waals surface area (Å²) in [6.07, 6.45) is 19.7. The fraction of sp³-hybridized carbons (Fsp3) is 0.909. The minimum Gasteiger partial charge on any atom is -0.381 e. The van der Waals surface area contributed by atoms with Gasteiger partial charge in [0.25, 0.3) is 0 Å². The normalized spacial score (nSPS) is 39.0. The van der Waals surface area contributed by atoms with Crippen LogP contribution in [0.3, 0.4) is 0 Å². The maximum atomic E-state index is 5.64. The monoisotopic (exact) mass is 320 g/mol. The third-order valence-electron chi connectivity index (χ3n) is 6.92. The van der Waals surface area contributed by atoms with E-state index in [9.17, 15) is 0 Å². The summed E-state index contributed by atoms with van der Waals surface area (Å²) in [6, 6.07) is 0. The van der Waals surface area contributed by atoms with E-state index >= 15 is 0 Å². The lowest BCUT2D eigenvalue weighted by Crippen LogP contribution is -2.35. The third kappa shape index (κ3) is 5.62. The molecule has 0 aromatic carbocycles. The maximum absolute atomic E-state index is 5.64. The van der Waals surface area contributed by atoms with E-state index in [1.807, 2.05) is 7.11 Å². The molecule has 23 heavy (non-hydrogen) atoms. The summed E-state index contributed by atoms with van der Waals surface area (Å²) in [5.41, 5.74) is 0. The molecule has 2 aliphatic carbocycles. The van der Waals surface area contributed by atoms with E-state index in [1.54, 1.807) is 0 Å². The van der Waals surface area contributed by atoms with Crippen molar-refractivity contribution >= 4 is 0 Å². The highest BCUT2D eigenvalue weighted by Gasteiger charge is 2.32. The quantitative estimate of drug-likeness (QED) is 0.378. The minimum atomic E-state index is 0.480. The van der Waals surface area contributed by atoms with Gasteiger partial charge in [-0.15, -0.1) is 0 Å². The molecule has 0 radical (unpaired) electrons. The van der Waals surface area contributed by atoms with E-state index < -0.39 is 0 Å². The molecule has 0 aromatic heterocycles. The van der Waals surface area contributed by atoms with E-state index in [0.717, 1.165) is 23.7 Å². The largest absolute Gasteiger partial charge is 0.381 e. The second-order valence-corrected chi connectivity index (χ2v) is 8.40. The van der Waals surface area contributed by atoms with Gasteiger partial charge in [0.05, 0.1) is 6.10 Å². The molecule has 2 aliphatic rings. The molecule has 0 aliphatic heterocycles. The topological polar surface area (TPSA) is 9.23 Å². The Morgan fingerprint density at radius 3 is 2.26 bits per heavy atom. The average molecular weight is 321 g/mol. The van der Waals surface area contributed by atoms with E-state index in [4.69, 9.17) is 4.74 Å². The Labute approximate surface area is 145 Å². The zero-order chi connectivity index (χ0) is 16.7. The lowest BCUT2D eigenvalue weighted by molar-refractivity contribution is -0.00576. The molecule has 1 nitrogen and oxygen atoms in total. The van der Waals surface area contributed by atoms with Crippen molar-refractivity contribution in [3.05, 3.63) is 12.2 Å². The molecule has 0 bridgehead atoms. The highest BCUT2D eigenvalue weighted by Crippen LogP contribution is 2.38. The fourth-order valence-corrected chi connectivity index (χ4v) is 4.87. The zero-order valence-electron chi connectivity index (χ0n) is 16.1. The van der Waals surface area contributed by atoms with Gasteiger partial charge in [-0.05, 0) is 68.1 Å². The van der Waals surface area contributed by atoms with Crippen LogP contribution in [0.1, 0.15) is 85.0 Å². The van der Waals surface area contributed by atoms with Crippen molar-refractivity contribution in [1.29, 1.82) is 0 Å². The van der Waals surface area contributed by atoms with Gasteiger partial charge in [0.15, 0.2) is 0 Å². The van der Waals surface area contributed by atoms with Gasteiger partial charge < -0.3 is 4.74 Å². The Bertz CT molecular complexity index is 340. The molecule has 4 atom stereocenters. The van der Waals surface area contributed by atoms with Crippen LogP contribution in [0.5, 0.6) is 0 Å². The van der Waals surface area contributed by atoms with Gasteiger partial charge in [-0.3, -0.25) is 0 Å². The molecule has 1 heteroatoms. The SMILES string of the molecule is CCCCCC1CCC(C=CC2CCC(OC)C(C)C2C)CC1. The third-order valence-corrected chi connectivity index (χ3v) is 6.92. The predicted octanol–water partition coefficient (Wildman–Crippen LogP) is 6.63. The van der Waals surface area contributed by atoms with Gasteiger partial charge in [-0.1, -0.05) is 58.6 Å². The van der Waals surface area contributed by atoms with Gasteiger partial charge in [0.2, 0.25) is 0 Å². The zero-order valence-corrected chi connectivity index (χ0v) is 16.1. The molecule has 0 amide bonds. The van der Waals surface area contributed by atoms with Crippen molar-refractivity contribution in [3.63, 3.8) is 0 Å². The van der Waals surface area contributed by atoms with Gasteiger partial charge in [-0.25, -0.2) is 0 Å². The first-order valence-corrected chi connectivity index (χ1v) is 10.4. The first-order valence-electron chi connectivity index (χ1n) is 10.4. The van der Waals surface area contributed by atoms with Gasteiger partial charge in [0, 0.05) is 7.11 Å². The Morgan fingerprint density at radius 1 is 0.870 bits per heavy atom. The summed E-state index contributed by atoms with van der Waals surface area (Å²) in [5, 5.41) is 0. The molecule has 134 valence electrons. The van der Waals surface area contributed by atoms with Gasteiger partial charge >= 0.3 is 0 Å². The summed E-state index contributed by atoms with van der Waals surface area (Å²) in [7, 11) is 1.88. The molecular weight excluding hydrogens is 280 g/mol. The molecule has 4 unspecified atom stereocenters. The smallest absolute Gasteiger partial charge is 0.0599 e. The van der Waals surface area contributed by atoms with Crippen molar-refractivity contribution in [2.45, 2.75) is 91.1 Å². The minimum absolute atomic E-state index is 0.480. The summed E-state index contributed by atoms with van der Waals surface area (Å²) < 4.78 is 5.64. The summed E-state index contributed by atoms with van der Waals surface area (Å²) in [4.78, 5) is 0. The van der Waals surface area contributed by atoms with Crippen molar-refractivity contribution in [2.75, 3.05) is 7.11 Å². The second kappa shape index (κ2) is 9.87. The number of ether oxygens (including phenoxy) is 1. The van der Waals surface area contributed by atoms with Crippen LogP contribution in [0.15, 0.2) is 12.2 Å². The first kappa shape index (κ1) is 19.0. The summed E-state index contributed by atoms with van der Waals surface area (Å²) in [5.74, 6) is 4.12. The Hall–Kier alpha value is -0.300. The predicted molar refractivity (Wildman–Crippen MR) is 101 cm³/mol. The number of hydrogen-bond acceptors (Lipinski definition) is 1. The average Bonchev–Trinajstić information content (AvgIpc) is 2.58. The lowest BCUT2D eigenvalue weighted by Gasteiger charge is -2.38. The van der Waals surface area contributed by atoms with Crippen LogP contribution in [-0.4, -0.2) is 13.2 Å². The maximum Gasteiger partial charge on any atom is 0.0599 e. The number of rotatable bonds is 7. The Balaban J connectivity index is 1.72. The molecule has 2 fully saturated rings. The van der Waals surface area contributed by atoms with Crippen LogP contribution in [0, 0.1) is 29.6 Å². The number of methoxy groups -OCH3 is 1. The van der Waals surface area contributed by atoms with Crippen molar-refractivity contribution < 1.29 is 4.74 Å². The van der Waals surface area contributed by atoms with Crippen molar-refractivity contribution in [2.24, 2.45) is 29.6 Å². The Morgan fingerprint density at radius 2 is 1.61 bits per heavy atom. The highest BCUT2D eigenvalue weighted by molar-refractivity contribution is 4.99. The summed E-state index contributed by atoms with van der Waals surface area (Å²) >= 11 is 0. The fourth-order valence-electron chi connectivity index (χ4n) is 4.87. The molecule has 2 saturated carbocycles. The highest BCUT2D eigenvalue weighted by atomic mass is 16.5. The van der Waals surface area contributed by atoms with Gasteiger partial charge in [-0.2, -0.15) is 0 Å². The van der Waals surface area contributed by atoms with Crippen molar-refractivity contribution in [1.82, 2.24) is 0 Å². The molecule has 0 N–H and O–H groups in total. The van der Waals surface area contributed by atoms with Crippen LogP contribution in [0.2, 0.25) is 0 Å². The lowest BCUT2D eigenvalue weighted by atomic mass is 9.71. The molecule has 0 heterocycles. The molecular formula is C22H40O. The van der Waals surface area contributed by atoms with Crippen molar-refractivity contribution in [3.8, 4) is 0 Å². The molecule has 0 aromatic rings. The van der Waals surface area contributed by atoms with Gasteiger partial charge in [0.1, 0.15) is 0 Å². The molecule has 0 spiro atoms. The standard InChI is InChI=1S/C22H40O/c1-5-6-7-8-19-9-11-20(12-10-19)13-14-21-15-16-22(23-4)18(3)17(21)2/h13-14,17-22H,5-12,15-16H2,1-4H3. The summed E-state index contributed by atoms with van der Waals surface area (Å²) in [6.45, 7) is 7.11. The number of hydrogen-bond donors (Lipinski definition) is 0. The van der Waals surface area contributed by atoms with Crippen LogP contribution < -0.4 is 0 Å². The number of unbranched alkanes of at least 4 members (excludes halogenated alkanes) is 2. The first-order chi connectivity index (χ1) is 11.2. The van der Waals surface area contributed by atoms with Crippen LogP contribution in [0.25, 0.3) is 0 Å². The van der Waals surface area contributed by atoms with Crippen LogP contribution in [-0.2, 0) is 4.74 Å². The van der Waals surface area contributed by atoms with E-state index in [1.165, 1.54) is 64.2 Å². The van der Waals surface area contributed by atoms with Crippen LogP contribution >= 0.6 is 0 Å².